The molecule has 24 heavy (non-hydrogen) atoms. The first-order valence-corrected chi connectivity index (χ1v) is 9.32. The van der Waals surface area contributed by atoms with Crippen LogP contribution in [0.4, 0.5) is 5.95 Å². The highest BCUT2D eigenvalue weighted by Crippen LogP contribution is 2.18. The maximum Gasteiger partial charge on any atom is 0.257 e. The zero-order chi connectivity index (χ0) is 17.2. The van der Waals surface area contributed by atoms with E-state index >= 15 is 0 Å². The van der Waals surface area contributed by atoms with E-state index in [1.165, 1.54) is 17.3 Å². The van der Waals surface area contributed by atoms with Crippen LogP contribution in [0.5, 0.6) is 0 Å². The second-order valence-electron chi connectivity index (χ2n) is 5.70. The van der Waals surface area contributed by atoms with Crippen molar-refractivity contribution < 1.29 is 17.6 Å². The van der Waals surface area contributed by atoms with Crippen LogP contribution in [-0.4, -0.2) is 53.8 Å². The zero-order valence-corrected chi connectivity index (χ0v) is 14.0. The van der Waals surface area contributed by atoms with E-state index in [9.17, 15) is 13.2 Å². The number of amides is 1. The van der Waals surface area contributed by atoms with Crippen molar-refractivity contribution in [3.63, 3.8) is 0 Å². The Bertz CT molecular complexity index is 803. The fraction of sp³-hybridized carbons (Fsp3) is 0.400. The van der Waals surface area contributed by atoms with E-state index < -0.39 is 9.84 Å². The number of carbonyl (C=O) groups is 1. The van der Waals surface area contributed by atoms with Crippen LogP contribution < -0.4 is 5.32 Å². The largest absolute Gasteiger partial charge is 0.467 e. The third-order valence-electron chi connectivity index (χ3n) is 3.98. The maximum atomic E-state index is 12.4. The highest BCUT2D eigenvalue weighted by atomic mass is 32.2. The van der Waals surface area contributed by atoms with E-state index in [1.54, 1.807) is 19.4 Å². The predicted octanol–water partition coefficient (Wildman–Crippen LogP) is 0.941. The maximum absolute atomic E-state index is 12.4. The number of carbonyl (C=O) groups excluding carboxylic acids is 1. The molecule has 0 aromatic carbocycles. The number of furan rings is 1. The lowest BCUT2D eigenvalue weighted by Crippen LogP contribution is -2.37. The molecule has 0 spiro atoms. The van der Waals surface area contributed by atoms with E-state index in [4.69, 9.17) is 4.42 Å². The number of nitrogens with one attached hydrogen (secondary N) is 1. The Kier molecular flexibility index (Phi) is 4.52. The first kappa shape index (κ1) is 16.4. The third-order valence-corrected chi connectivity index (χ3v) is 5.73. The number of aromatic nitrogens is 2. The number of hydrogen-bond donors (Lipinski definition) is 1. The molecule has 1 aliphatic heterocycles. The molecular weight excluding hydrogens is 332 g/mol. The van der Waals surface area contributed by atoms with Gasteiger partial charge in [0.25, 0.3) is 5.91 Å². The van der Waals surface area contributed by atoms with E-state index in [2.05, 4.69) is 15.3 Å². The van der Waals surface area contributed by atoms with Crippen molar-refractivity contribution in [1.29, 1.82) is 0 Å². The minimum absolute atomic E-state index is 0.0128. The molecule has 1 N–H and O–H groups in total. The Morgan fingerprint density at radius 1 is 1.42 bits per heavy atom. The molecule has 8 nitrogen and oxygen atoms in total. The molecule has 1 saturated heterocycles. The lowest BCUT2D eigenvalue weighted by atomic mass is 10.2. The SMILES string of the molecule is CN(C(=O)c1cnc(NCc2ccco2)nc1)C1CCS(=O)(=O)C1. The van der Waals surface area contributed by atoms with Gasteiger partial charge in [-0.05, 0) is 18.6 Å². The molecule has 0 saturated carbocycles. The van der Waals surface area contributed by atoms with Gasteiger partial charge >= 0.3 is 0 Å². The summed E-state index contributed by atoms with van der Waals surface area (Å²) in [6.45, 7) is 0.445. The Balaban J connectivity index is 1.61. The van der Waals surface area contributed by atoms with Gasteiger partial charge in [-0.25, -0.2) is 18.4 Å². The number of nitrogens with zero attached hydrogens (tertiary/aromatic N) is 3. The summed E-state index contributed by atoms with van der Waals surface area (Å²) in [6.07, 6.45) is 4.91. The summed E-state index contributed by atoms with van der Waals surface area (Å²) < 4.78 is 28.3. The lowest BCUT2D eigenvalue weighted by molar-refractivity contribution is 0.0747. The van der Waals surface area contributed by atoms with Crippen LogP contribution in [0.2, 0.25) is 0 Å². The van der Waals surface area contributed by atoms with Crippen LogP contribution in [-0.2, 0) is 16.4 Å². The monoisotopic (exact) mass is 350 g/mol. The van der Waals surface area contributed by atoms with E-state index in [-0.39, 0.29) is 23.5 Å². The van der Waals surface area contributed by atoms with E-state index in [0.29, 0.717) is 24.5 Å². The second-order valence-corrected chi connectivity index (χ2v) is 7.93. The summed E-state index contributed by atoms with van der Waals surface area (Å²) >= 11 is 0. The molecule has 3 heterocycles. The van der Waals surface area contributed by atoms with E-state index in [0.717, 1.165) is 5.76 Å². The van der Waals surface area contributed by atoms with Crippen molar-refractivity contribution in [1.82, 2.24) is 14.9 Å². The number of sulfone groups is 1. The van der Waals surface area contributed by atoms with Crippen molar-refractivity contribution in [2.24, 2.45) is 0 Å². The molecule has 2 aromatic rings. The van der Waals surface area contributed by atoms with E-state index in [1.807, 2.05) is 6.07 Å². The molecule has 3 rings (SSSR count). The van der Waals surface area contributed by atoms with Gasteiger partial charge < -0.3 is 14.6 Å². The van der Waals surface area contributed by atoms with Crippen molar-refractivity contribution >= 4 is 21.7 Å². The van der Waals surface area contributed by atoms with Gasteiger partial charge in [0, 0.05) is 25.5 Å². The van der Waals surface area contributed by atoms with Gasteiger partial charge in [-0.3, -0.25) is 4.79 Å². The number of rotatable bonds is 5. The van der Waals surface area contributed by atoms with Crippen LogP contribution in [0, 0.1) is 0 Å². The van der Waals surface area contributed by atoms with Gasteiger partial charge in [-0.15, -0.1) is 0 Å². The fourth-order valence-corrected chi connectivity index (χ4v) is 4.33. The fourth-order valence-electron chi connectivity index (χ4n) is 2.56. The highest BCUT2D eigenvalue weighted by Gasteiger charge is 2.33. The van der Waals surface area contributed by atoms with Crippen LogP contribution in [0.25, 0.3) is 0 Å². The van der Waals surface area contributed by atoms with Crippen molar-refractivity contribution in [2.45, 2.75) is 19.0 Å². The predicted molar refractivity (Wildman–Crippen MR) is 87.2 cm³/mol. The van der Waals surface area contributed by atoms with Gasteiger partial charge in [0.15, 0.2) is 9.84 Å². The number of anilines is 1. The molecule has 1 unspecified atom stereocenters. The van der Waals surface area contributed by atoms with Gasteiger partial charge in [-0.1, -0.05) is 0 Å². The molecule has 128 valence electrons. The molecule has 1 amide bonds. The minimum Gasteiger partial charge on any atom is -0.467 e. The topological polar surface area (TPSA) is 105 Å². The molecule has 9 heteroatoms. The Morgan fingerprint density at radius 2 is 2.17 bits per heavy atom. The first-order chi connectivity index (χ1) is 11.4. The highest BCUT2D eigenvalue weighted by molar-refractivity contribution is 7.91. The molecule has 1 aliphatic rings. The van der Waals surface area contributed by atoms with Crippen molar-refractivity contribution in [2.75, 3.05) is 23.9 Å². The molecule has 0 aliphatic carbocycles. The molecule has 1 fully saturated rings. The molecule has 0 bridgehead atoms. The summed E-state index contributed by atoms with van der Waals surface area (Å²) in [4.78, 5) is 22.1. The molecule has 2 aromatic heterocycles. The zero-order valence-electron chi connectivity index (χ0n) is 13.2. The molecule has 0 radical (unpaired) electrons. The first-order valence-electron chi connectivity index (χ1n) is 7.50. The number of hydrogen-bond acceptors (Lipinski definition) is 7. The Morgan fingerprint density at radius 3 is 2.75 bits per heavy atom. The average molecular weight is 350 g/mol. The van der Waals surface area contributed by atoms with Gasteiger partial charge in [0.05, 0.1) is 29.9 Å². The molecular formula is C15H18N4O4S. The average Bonchev–Trinajstić information content (AvgIpc) is 3.21. The summed E-state index contributed by atoms with van der Waals surface area (Å²) in [5.41, 5.74) is 0.324. The standard InChI is InChI=1S/C15H18N4O4S/c1-19(12-4-6-24(21,22)10-12)14(20)11-7-16-15(17-8-11)18-9-13-3-2-5-23-13/h2-3,5,7-8,12H,4,6,9-10H2,1H3,(H,16,17,18). The van der Waals surface area contributed by atoms with Gasteiger partial charge in [0.1, 0.15) is 5.76 Å². The van der Waals surface area contributed by atoms with Gasteiger partial charge in [0.2, 0.25) is 5.95 Å². The second kappa shape index (κ2) is 6.60. The summed E-state index contributed by atoms with van der Waals surface area (Å²) in [5.74, 6) is 0.991. The van der Waals surface area contributed by atoms with Crippen molar-refractivity contribution in [3.8, 4) is 0 Å². The van der Waals surface area contributed by atoms with Crippen molar-refractivity contribution in [3.05, 3.63) is 42.1 Å². The van der Waals surface area contributed by atoms with Crippen LogP contribution in [0.3, 0.4) is 0 Å². The summed E-state index contributed by atoms with van der Waals surface area (Å²) in [7, 11) is -1.43. The quantitative estimate of drug-likeness (QED) is 0.855. The van der Waals surface area contributed by atoms with Gasteiger partial charge in [-0.2, -0.15) is 0 Å². The summed E-state index contributed by atoms with van der Waals surface area (Å²) in [5, 5.41) is 2.99. The Hall–Kier alpha value is -2.42. The van der Waals surface area contributed by atoms with Crippen LogP contribution in [0.1, 0.15) is 22.5 Å². The lowest BCUT2D eigenvalue weighted by Gasteiger charge is -2.23. The van der Waals surface area contributed by atoms with Crippen LogP contribution >= 0.6 is 0 Å². The van der Waals surface area contributed by atoms with Crippen LogP contribution in [0.15, 0.2) is 35.2 Å². The minimum atomic E-state index is -3.04. The summed E-state index contributed by atoms with van der Waals surface area (Å²) in [6, 6.07) is 3.33. The smallest absolute Gasteiger partial charge is 0.257 e. The Labute approximate surface area is 139 Å². The third kappa shape index (κ3) is 3.73. The molecule has 1 atom stereocenters. The normalized spacial score (nSPS) is 19.1.